The molecule has 3 aromatic rings. The van der Waals surface area contributed by atoms with Gasteiger partial charge >= 0.3 is 0 Å². The molecule has 17 heavy (non-hydrogen) atoms. The molecule has 0 fully saturated rings. The van der Waals surface area contributed by atoms with Crippen LogP contribution >= 0.6 is 0 Å². The summed E-state index contributed by atoms with van der Waals surface area (Å²) in [6.07, 6.45) is 10.6. The Morgan fingerprint density at radius 1 is 0.765 bits per heavy atom. The van der Waals surface area contributed by atoms with Crippen molar-refractivity contribution < 1.29 is 4.42 Å². The summed E-state index contributed by atoms with van der Waals surface area (Å²) in [5, 5.41) is 0. The average Bonchev–Trinajstić information content (AvgIpc) is 2.90. The van der Waals surface area contributed by atoms with Crippen LogP contribution in [-0.4, -0.2) is 9.97 Å². The van der Waals surface area contributed by atoms with Gasteiger partial charge in [-0.3, -0.25) is 9.97 Å². The summed E-state index contributed by atoms with van der Waals surface area (Å²) in [4.78, 5) is 8.24. The highest BCUT2D eigenvalue weighted by molar-refractivity contribution is 5.81. The Kier molecular flexibility index (Phi) is 2.43. The number of pyridine rings is 2. The molecule has 0 saturated heterocycles. The van der Waals surface area contributed by atoms with Gasteiger partial charge in [0.25, 0.3) is 0 Å². The molecule has 0 atom stereocenters. The quantitative estimate of drug-likeness (QED) is 0.667. The molecular weight excluding hydrogens is 212 g/mol. The zero-order valence-corrected chi connectivity index (χ0v) is 9.08. The molecule has 0 N–H and O–H groups in total. The highest BCUT2D eigenvalue weighted by atomic mass is 16.3. The van der Waals surface area contributed by atoms with Crippen LogP contribution in [0.2, 0.25) is 0 Å². The topological polar surface area (TPSA) is 38.9 Å². The summed E-state index contributed by atoms with van der Waals surface area (Å²) < 4.78 is 5.30. The van der Waals surface area contributed by atoms with Crippen molar-refractivity contribution in [1.82, 2.24) is 9.97 Å². The van der Waals surface area contributed by atoms with Crippen LogP contribution in [0.5, 0.6) is 0 Å². The molecule has 0 amide bonds. The maximum absolute atomic E-state index is 5.30. The first-order valence-electron chi connectivity index (χ1n) is 5.32. The van der Waals surface area contributed by atoms with Crippen LogP contribution in [0, 0.1) is 0 Å². The van der Waals surface area contributed by atoms with Crippen LogP contribution in [0.25, 0.3) is 22.3 Å². The molecule has 3 heteroatoms. The molecule has 3 nitrogen and oxygen atoms in total. The third kappa shape index (κ3) is 1.83. The van der Waals surface area contributed by atoms with Crippen molar-refractivity contribution in [1.29, 1.82) is 0 Å². The molecule has 3 rings (SSSR count). The van der Waals surface area contributed by atoms with Gasteiger partial charge in [0.15, 0.2) is 0 Å². The van der Waals surface area contributed by atoms with E-state index in [1.807, 2.05) is 36.7 Å². The molecule has 0 aliphatic rings. The van der Waals surface area contributed by atoms with Gasteiger partial charge in [-0.25, -0.2) is 0 Å². The zero-order valence-electron chi connectivity index (χ0n) is 9.08. The van der Waals surface area contributed by atoms with E-state index in [0.29, 0.717) is 0 Å². The molecular formula is C14H10N2O. The van der Waals surface area contributed by atoms with Gasteiger partial charge in [-0.05, 0) is 12.1 Å². The Bertz CT molecular complexity index is 548. The smallest absolute Gasteiger partial charge is 0.0988 e. The summed E-state index contributed by atoms with van der Waals surface area (Å²) in [7, 11) is 0. The molecule has 3 heterocycles. The molecule has 0 aliphatic heterocycles. The van der Waals surface area contributed by atoms with E-state index in [1.165, 1.54) is 0 Å². The van der Waals surface area contributed by atoms with E-state index in [0.717, 1.165) is 22.3 Å². The molecule has 3 aromatic heterocycles. The Balaban J connectivity index is 2.13. The Morgan fingerprint density at radius 2 is 1.29 bits per heavy atom. The second kappa shape index (κ2) is 4.22. The molecule has 0 bridgehead atoms. The average molecular weight is 222 g/mol. The van der Waals surface area contributed by atoms with Crippen molar-refractivity contribution in [2.24, 2.45) is 0 Å². The SMILES string of the molecule is c1cncc(-c2cocc2-c2cccnc2)c1. The summed E-state index contributed by atoms with van der Waals surface area (Å²) in [6, 6.07) is 7.85. The van der Waals surface area contributed by atoms with Crippen LogP contribution < -0.4 is 0 Å². The third-order valence-corrected chi connectivity index (χ3v) is 2.61. The van der Waals surface area contributed by atoms with Crippen LogP contribution in [0.3, 0.4) is 0 Å². The lowest BCUT2D eigenvalue weighted by atomic mass is 10.0. The second-order valence-corrected chi connectivity index (χ2v) is 3.68. The molecule has 0 aliphatic carbocycles. The Morgan fingerprint density at radius 3 is 1.71 bits per heavy atom. The number of rotatable bonds is 2. The minimum absolute atomic E-state index is 1.03. The summed E-state index contributed by atoms with van der Waals surface area (Å²) in [6.45, 7) is 0. The minimum Gasteiger partial charge on any atom is -0.471 e. The maximum atomic E-state index is 5.30. The van der Waals surface area contributed by atoms with Crippen LogP contribution in [0.1, 0.15) is 0 Å². The van der Waals surface area contributed by atoms with E-state index in [4.69, 9.17) is 4.42 Å². The molecule has 0 radical (unpaired) electrons. The van der Waals surface area contributed by atoms with Gasteiger partial charge < -0.3 is 4.42 Å². The Labute approximate surface area is 98.8 Å². The van der Waals surface area contributed by atoms with Gasteiger partial charge in [0, 0.05) is 47.0 Å². The summed E-state index contributed by atoms with van der Waals surface area (Å²) in [5.74, 6) is 0. The largest absolute Gasteiger partial charge is 0.471 e. The number of aromatic nitrogens is 2. The molecule has 0 saturated carbocycles. The minimum atomic E-state index is 1.03. The molecule has 0 spiro atoms. The first-order valence-corrected chi connectivity index (χ1v) is 5.32. The first-order chi connectivity index (χ1) is 8.45. The van der Waals surface area contributed by atoms with E-state index >= 15 is 0 Å². The van der Waals surface area contributed by atoms with Gasteiger partial charge in [-0.2, -0.15) is 0 Å². The van der Waals surface area contributed by atoms with E-state index in [2.05, 4.69) is 9.97 Å². The standard InChI is InChI=1S/C14H10N2O/c1-3-11(7-15-5-1)13-9-17-10-14(13)12-4-2-6-16-8-12/h1-10H. The lowest BCUT2D eigenvalue weighted by Crippen LogP contribution is -1.81. The zero-order chi connectivity index (χ0) is 11.5. The predicted octanol–water partition coefficient (Wildman–Crippen LogP) is 3.40. The van der Waals surface area contributed by atoms with Crippen LogP contribution in [0.4, 0.5) is 0 Å². The summed E-state index contributed by atoms with van der Waals surface area (Å²) in [5.41, 5.74) is 4.15. The Hall–Kier alpha value is -2.42. The first kappa shape index (κ1) is 9.78. The fourth-order valence-electron chi connectivity index (χ4n) is 1.79. The van der Waals surface area contributed by atoms with E-state index < -0.39 is 0 Å². The van der Waals surface area contributed by atoms with Crippen molar-refractivity contribution >= 4 is 0 Å². The van der Waals surface area contributed by atoms with Crippen LogP contribution in [0.15, 0.2) is 66.0 Å². The molecule has 0 unspecified atom stereocenters. The van der Waals surface area contributed by atoms with Gasteiger partial charge in [-0.1, -0.05) is 12.1 Å². The second-order valence-electron chi connectivity index (χ2n) is 3.68. The number of hydrogen-bond donors (Lipinski definition) is 0. The lowest BCUT2D eigenvalue weighted by molar-refractivity contribution is 0.569. The van der Waals surface area contributed by atoms with Crippen molar-refractivity contribution in [3.63, 3.8) is 0 Å². The van der Waals surface area contributed by atoms with Crippen molar-refractivity contribution in [3.05, 3.63) is 61.6 Å². The number of hydrogen-bond acceptors (Lipinski definition) is 3. The van der Waals surface area contributed by atoms with Gasteiger partial charge in [-0.15, -0.1) is 0 Å². The predicted molar refractivity (Wildman–Crippen MR) is 65.2 cm³/mol. The van der Waals surface area contributed by atoms with E-state index in [9.17, 15) is 0 Å². The maximum Gasteiger partial charge on any atom is 0.0988 e. The van der Waals surface area contributed by atoms with Gasteiger partial charge in [0.05, 0.1) is 12.5 Å². The van der Waals surface area contributed by atoms with E-state index in [1.54, 1.807) is 24.9 Å². The van der Waals surface area contributed by atoms with Crippen molar-refractivity contribution in [2.75, 3.05) is 0 Å². The summed E-state index contributed by atoms with van der Waals surface area (Å²) >= 11 is 0. The van der Waals surface area contributed by atoms with Gasteiger partial charge in [0.1, 0.15) is 0 Å². The van der Waals surface area contributed by atoms with E-state index in [-0.39, 0.29) is 0 Å². The number of nitrogens with zero attached hydrogens (tertiary/aromatic N) is 2. The monoisotopic (exact) mass is 222 g/mol. The highest BCUT2D eigenvalue weighted by Crippen LogP contribution is 2.31. The van der Waals surface area contributed by atoms with Gasteiger partial charge in [0.2, 0.25) is 0 Å². The van der Waals surface area contributed by atoms with Crippen molar-refractivity contribution in [2.45, 2.75) is 0 Å². The fraction of sp³-hybridized carbons (Fsp3) is 0. The molecule has 0 aromatic carbocycles. The highest BCUT2D eigenvalue weighted by Gasteiger charge is 2.09. The normalized spacial score (nSPS) is 10.4. The fourth-order valence-corrected chi connectivity index (χ4v) is 1.79. The number of furan rings is 1. The third-order valence-electron chi connectivity index (χ3n) is 2.61. The van der Waals surface area contributed by atoms with Crippen LogP contribution in [-0.2, 0) is 0 Å². The lowest BCUT2D eigenvalue weighted by Gasteiger charge is -2.01. The molecule has 82 valence electrons. The van der Waals surface area contributed by atoms with Crippen molar-refractivity contribution in [3.8, 4) is 22.3 Å².